The molecule has 0 spiro atoms. The summed E-state index contributed by atoms with van der Waals surface area (Å²) < 4.78 is 5.18. The van der Waals surface area contributed by atoms with E-state index in [0.29, 0.717) is 16.8 Å². The first-order valence-corrected chi connectivity index (χ1v) is 3.87. The molecular weight excluding hydrogens is 195 g/mol. The molecule has 0 saturated carbocycles. The zero-order valence-electron chi connectivity index (χ0n) is 7.11. The van der Waals surface area contributed by atoms with Gasteiger partial charge >= 0.3 is 29.6 Å². The molecule has 60 valence electrons. The average molecular weight is 200 g/mol. The molecular formula is C9H5NaO2S. The number of rotatable bonds is 1. The molecule has 0 aliphatic heterocycles. The third kappa shape index (κ3) is 1.79. The summed E-state index contributed by atoms with van der Waals surface area (Å²) in [6.07, 6.45) is 0.641. The van der Waals surface area contributed by atoms with Crippen molar-refractivity contribution in [3.63, 3.8) is 0 Å². The molecule has 0 N–H and O–H groups in total. The minimum absolute atomic E-state index is 0. The van der Waals surface area contributed by atoms with E-state index in [2.05, 4.69) is 0 Å². The monoisotopic (exact) mass is 200 g/mol. The SMILES string of the molecule is O=Cc1oc2ccccc2c1[S-].[Na+]. The fourth-order valence-corrected chi connectivity index (χ4v) is 1.38. The number of benzene rings is 1. The number of para-hydroxylation sites is 1. The normalized spacial score (nSPS) is 9.54. The second-order valence-corrected chi connectivity index (χ2v) is 2.82. The Balaban J connectivity index is 0.000000845. The van der Waals surface area contributed by atoms with E-state index in [1.54, 1.807) is 6.07 Å². The van der Waals surface area contributed by atoms with Gasteiger partial charge in [-0.25, -0.2) is 0 Å². The van der Waals surface area contributed by atoms with Crippen molar-refractivity contribution < 1.29 is 38.8 Å². The van der Waals surface area contributed by atoms with Gasteiger partial charge in [-0.1, -0.05) is 18.2 Å². The second-order valence-electron chi connectivity index (χ2n) is 2.41. The largest absolute Gasteiger partial charge is 1.00 e. The Morgan fingerprint density at radius 3 is 2.62 bits per heavy atom. The molecule has 0 aliphatic carbocycles. The van der Waals surface area contributed by atoms with Gasteiger partial charge in [0.15, 0.2) is 6.29 Å². The van der Waals surface area contributed by atoms with Gasteiger partial charge in [0, 0.05) is 5.39 Å². The van der Waals surface area contributed by atoms with E-state index in [-0.39, 0.29) is 35.3 Å². The van der Waals surface area contributed by atoms with E-state index in [1.165, 1.54) is 0 Å². The van der Waals surface area contributed by atoms with Gasteiger partial charge in [0.25, 0.3) is 0 Å². The van der Waals surface area contributed by atoms with Crippen molar-refractivity contribution in [3.05, 3.63) is 30.0 Å². The Kier molecular flexibility index (Phi) is 3.50. The van der Waals surface area contributed by atoms with Gasteiger partial charge in [-0.2, -0.15) is 0 Å². The van der Waals surface area contributed by atoms with Gasteiger partial charge in [0.05, 0.1) is 0 Å². The van der Waals surface area contributed by atoms with Crippen LogP contribution in [0.2, 0.25) is 0 Å². The molecule has 0 unspecified atom stereocenters. The van der Waals surface area contributed by atoms with E-state index < -0.39 is 0 Å². The molecule has 2 aromatic rings. The van der Waals surface area contributed by atoms with E-state index in [4.69, 9.17) is 17.0 Å². The summed E-state index contributed by atoms with van der Waals surface area (Å²) in [7, 11) is 0. The first-order chi connectivity index (χ1) is 5.83. The molecule has 4 heteroatoms. The smallest absolute Gasteiger partial charge is 0.775 e. The van der Waals surface area contributed by atoms with E-state index in [1.807, 2.05) is 18.2 Å². The van der Waals surface area contributed by atoms with Crippen LogP contribution in [-0.2, 0) is 12.6 Å². The maximum Gasteiger partial charge on any atom is 1.00 e. The number of aldehydes is 1. The van der Waals surface area contributed by atoms with Crippen molar-refractivity contribution in [1.29, 1.82) is 0 Å². The van der Waals surface area contributed by atoms with Gasteiger partial charge in [0.1, 0.15) is 11.3 Å². The Hall–Kier alpha value is -0.350. The van der Waals surface area contributed by atoms with Gasteiger partial charge in [-0.15, -0.1) is 4.90 Å². The average Bonchev–Trinajstić information content (AvgIpc) is 2.44. The third-order valence-electron chi connectivity index (χ3n) is 1.68. The van der Waals surface area contributed by atoms with Crippen LogP contribution in [0.5, 0.6) is 0 Å². The second kappa shape index (κ2) is 4.24. The molecule has 1 aromatic carbocycles. The van der Waals surface area contributed by atoms with Crippen LogP contribution in [0.1, 0.15) is 10.6 Å². The number of fused-ring (bicyclic) bond motifs is 1. The van der Waals surface area contributed by atoms with Gasteiger partial charge in [-0.05, 0) is 6.07 Å². The molecule has 0 fully saturated rings. The van der Waals surface area contributed by atoms with Gasteiger partial charge < -0.3 is 17.0 Å². The molecule has 1 aromatic heterocycles. The molecule has 2 nitrogen and oxygen atoms in total. The molecule has 0 atom stereocenters. The van der Waals surface area contributed by atoms with Crippen LogP contribution in [0.15, 0.2) is 33.6 Å². The number of furan rings is 1. The molecule has 0 radical (unpaired) electrons. The Bertz CT molecular complexity index is 436. The zero-order valence-corrected chi connectivity index (χ0v) is 9.93. The standard InChI is InChI=1S/C9H6O2S.Na/c10-5-8-9(12)6-3-1-2-4-7(6)11-8;/h1-5,12H;/q;+1/p-1. The zero-order chi connectivity index (χ0) is 8.55. The van der Waals surface area contributed by atoms with Crippen LogP contribution in [0.4, 0.5) is 0 Å². The topological polar surface area (TPSA) is 30.2 Å². The third-order valence-corrected chi connectivity index (χ3v) is 2.10. The number of hydrogen-bond donors (Lipinski definition) is 0. The summed E-state index contributed by atoms with van der Waals surface area (Å²) >= 11 is 5.00. The summed E-state index contributed by atoms with van der Waals surface area (Å²) in [4.78, 5) is 10.9. The Morgan fingerprint density at radius 1 is 1.31 bits per heavy atom. The van der Waals surface area contributed by atoms with Crippen LogP contribution in [0.3, 0.4) is 0 Å². The number of carbonyl (C=O) groups is 1. The Morgan fingerprint density at radius 2 is 2.00 bits per heavy atom. The van der Waals surface area contributed by atoms with Gasteiger partial charge in [-0.3, -0.25) is 4.79 Å². The summed E-state index contributed by atoms with van der Waals surface area (Å²) in [5.41, 5.74) is 0.671. The quantitative estimate of drug-likeness (QED) is 0.341. The van der Waals surface area contributed by atoms with E-state index >= 15 is 0 Å². The first-order valence-electron chi connectivity index (χ1n) is 3.46. The van der Waals surface area contributed by atoms with Crippen LogP contribution in [-0.4, -0.2) is 6.29 Å². The van der Waals surface area contributed by atoms with Crippen molar-refractivity contribution in [2.24, 2.45) is 0 Å². The molecule has 2 rings (SSSR count). The van der Waals surface area contributed by atoms with Crippen LogP contribution >= 0.6 is 0 Å². The summed E-state index contributed by atoms with van der Waals surface area (Å²) in [6, 6.07) is 7.34. The fraction of sp³-hybridized carbons (Fsp3) is 0. The molecule has 0 saturated heterocycles. The molecule has 1 heterocycles. The molecule has 0 aliphatic rings. The summed E-state index contributed by atoms with van der Waals surface area (Å²) in [6.45, 7) is 0. The summed E-state index contributed by atoms with van der Waals surface area (Å²) in [5, 5.41) is 0.828. The maximum atomic E-state index is 10.4. The van der Waals surface area contributed by atoms with Crippen molar-refractivity contribution in [3.8, 4) is 0 Å². The van der Waals surface area contributed by atoms with Crippen LogP contribution in [0, 0.1) is 0 Å². The van der Waals surface area contributed by atoms with Crippen molar-refractivity contribution >= 4 is 29.9 Å². The maximum absolute atomic E-state index is 10.4. The van der Waals surface area contributed by atoms with Crippen molar-refractivity contribution in [2.45, 2.75) is 4.90 Å². The van der Waals surface area contributed by atoms with Crippen LogP contribution < -0.4 is 29.6 Å². The Labute approximate surface area is 103 Å². The first kappa shape index (κ1) is 10.7. The van der Waals surface area contributed by atoms with Crippen molar-refractivity contribution in [2.75, 3.05) is 0 Å². The minimum Gasteiger partial charge on any atom is -0.775 e. The van der Waals surface area contributed by atoms with Crippen molar-refractivity contribution in [1.82, 2.24) is 0 Å². The molecule has 0 amide bonds. The molecule has 0 bridgehead atoms. The van der Waals surface area contributed by atoms with E-state index in [0.717, 1.165) is 5.39 Å². The summed E-state index contributed by atoms with van der Waals surface area (Å²) in [5.74, 6) is 0.242. The minimum atomic E-state index is 0. The van der Waals surface area contributed by atoms with Gasteiger partial charge in [0.2, 0.25) is 0 Å². The van der Waals surface area contributed by atoms with E-state index in [9.17, 15) is 4.79 Å². The fourth-order valence-electron chi connectivity index (χ4n) is 1.12. The number of carbonyl (C=O) groups excluding carboxylic acids is 1. The number of hydrogen-bond acceptors (Lipinski definition) is 3. The predicted octanol–water partition coefficient (Wildman–Crippen LogP) is -0.845. The predicted molar refractivity (Wildman–Crippen MR) is 47.2 cm³/mol. The molecule has 13 heavy (non-hydrogen) atoms. The van der Waals surface area contributed by atoms with Crippen LogP contribution in [0.25, 0.3) is 11.0 Å².